The first-order valence-corrected chi connectivity index (χ1v) is 7.66. The predicted octanol–water partition coefficient (Wildman–Crippen LogP) is 3.80. The summed E-state index contributed by atoms with van der Waals surface area (Å²) in [5, 5.41) is 4.81. The van der Waals surface area contributed by atoms with E-state index in [4.69, 9.17) is 0 Å². The molecule has 4 nitrogen and oxygen atoms in total. The predicted molar refractivity (Wildman–Crippen MR) is 82.4 cm³/mol. The molecule has 1 aliphatic heterocycles. The van der Waals surface area contributed by atoms with E-state index in [2.05, 4.69) is 24.6 Å². The summed E-state index contributed by atoms with van der Waals surface area (Å²) in [4.78, 5) is 12.3. The maximum Gasteiger partial charge on any atom is 0.338 e. The van der Waals surface area contributed by atoms with E-state index in [0.29, 0.717) is 0 Å². The summed E-state index contributed by atoms with van der Waals surface area (Å²) < 4.78 is 0. The molecule has 0 unspecified atom stereocenters. The van der Waals surface area contributed by atoms with Crippen LogP contribution in [0.3, 0.4) is 0 Å². The largest absolute Gasteiger partial charge is 0.338 e. The first-order chi connectivity index (χ1) is 9.71. The Bertz CT molecular complexity index is 425. The minimum atomic E-state index is -0.279. The summed E-state index contributed by atoms with van der Waals surface area (Å²) in [6.45, 7) is 4.36. The molecule has 0 atom stereocenters. The molecule has 1 heterocycles. The standard InChI is InChI=1S/C16H25N3O/c1-3-5-12-16(13-6-4-2)17-15(20)19(18-16)14-10-8-7-9-11-14/h7-11,18H,3-6,12-13H2,1-2H3,(H,17,20). The van der Waals surface area contributed by atoms with Gasteiger partial charge in [0.15, 0.2) is 0 Å². The van der Waals surface area contributed by atoms with Crippen LogP contribution in [0.1, 0.15) is 52.4 Å². The second-order valence-corrected chi connectivity index (χ2v) is 5.50. The van der Waals surface area contributed by atoms with Crippen molar-refractivity contribution in [3.8, 4) is 0 Å². The fourth-order valence-corrected chi connectivity index (χ4v) is 2.63. The highest BCUT2D eigenvalue weighted by molar-refractivity contribution is 5.93. The number of hydrogen-bond donors (Lipinski definition) is 2. The molecule has 2 N–H and O–H groups in total. The summed E-state index contributed by atoms with van der Waals surface area (Å²) in [7, 11) is 0. The Balaban J connectivity index is 2.13. The highest BCUT2D eigenvalue weighted by Gasteiger charge is 2.41. The lowest BCUT2D eigenvalue weighted by Crippen LogP contribution is -2.51. The Morgan fingerprint density at radius 3 is 2.20 bits per heavy atom. The molecule has 1 aliphatic rings. The van der Waals surface area contributed by atoms with E-state index in [-0.39, 0.29) is 11.7 Å². The smallest absolute Gasteiger partial charge is 0.317 e. The van der Waals surface area contributed by atoms with E-state index in [0.717, 1.165) is 44.2 Å². The Labute approximate surface area is 121 Å². The molecule has 1 aromatic rings. The van der Waals surface area contributed by atoms with Crippen molar-refractivity contribution in [1.29, 1.82) is 0 Å². The molecule has 1 saturated heterocycles. The lowest BCUT2D eigenvalue weighted by atomic mass is 9.97. The van der Waals surface area contributed by atoms with E-state index in [1.807, 2.05) is 30.3 Å². The second kappa shape index (κ2) is 6.75. The molecule has 0 bridgehead atoms. The van der Waals surface area contributed by atoms with Gasteiger partial charge < -0.3 is 5.32 Å². The second-order valence-electron chi connectivity index (χ2n) is 5.50. The van der Waals surface area contributed by atoms with Crippen molar-refractivity contribution in [1.82, 2.24) is 10.7 Å². The summed E-state index contributed by atoms with van der Waals surface area (Å²) >= 11 is 0. The maximum atomic E-state index is 12.3. The van der Waals surface area contributed by atoms with Crippen LogP contribution in [-0.2, 0) is 0 Å². The van der Waals surface area contributed by atoms with Crippen LogP contribution >= 0.6 is 0 Å². The van der Waals surface area contributed by atoms with Crippen LogP contribution in [0, 0.1) is 0 Å². The van der Waals surface area contributed by atoms with E-state index in [9.17, 15) is 4.79 Å². The van der Waals surface area contributed by atoms with Gasteiger partial charge in [0.05, 0.1) is 5.69 Å². The lowest BCUT2D eigenvalue weighted by molar-refractivity contribution is 0.238. The number of hydrogen-bond acceptors (Lipinski definition) is 2. The van der Waals surface area contributed by atoms with Gasteiger partial charge in [-0.15, -0.1) is 0 Å². The number of rotatable bonds is 7. The number of carbonyl (C=O) groups is 1. The molecule has 1 aromatic carbocycles. The van der Waals surface area contributed by atoms with E-state index in [1.165, 1.54) is 0 Å². The van der Waals surface area contributed by atoms with Crippen molar-refractivity contribution in [2.45, 2.75) is 58.0 Å². The number of amides is 2. The summed E-state index contributed by atoms with van der Waals surface area (Å²) in [5.74, 6) is 0. The fraction of sp³-hybridized carbons (Fsp3) is 0.562. The molecule has 4 heteroatoms. The van der Waals surface area contributed by atoms with Crippen molar-refractivity contribution in [3.05, 3.63) is 30.3 Å². The third kappa shape index (κ3) is 3.31. The molecule has 2 rings (SSSR count). The van der Waals surface area contributed by atoms with Gasteiger partial charge in [-0.25, -0.2) is 15.2 Å². The highest BCUT2D eigenvalue weighted by Crippen LogP contribution is 2.26. The van der Waals surface area contributed by atoms with Gasteiger partial charge in [-0.05, 0) is 37.8 Å². The van der Waals surface area contributed by atoms with E-state index >= 15 is 0 Å². The molecule has 1 fully saturated rings. The molecule has 0 spiro atoms. The van der Waals surface area contributed by atoms with Gasteiger partial charge in [0.2, 0.25) is 0 Å². The summed E-state index contributed by atoms with van der Waals surface area (Å²) in [6, 6.07) is 9.69. The van der Waals surface area contributed by atoms with Gasteiger partial charge in [0.25, 0.3) is 0 Å². The number of hydrazine groups is 1. The molecule has 0 saturated carbocycles. The molecular formula is C16H25N3O. The number of urea groups is 1. The van der Waals surface area contributed by atoms with Crippen LogP contribution in [0.15, 0.2) is 30.3 Å². The van der Waals surface area contributed by atoms with Crippen LogP contribution in [0.25, 0.3) is 0 Å². The number of carbonyl (C=O) groups excluding carboxylic acids is 1. The molecule has 110 valence electrons. The molecule has 2 amide bonds. The molecule has 0 aliphatic carbocycles. The Kier molecular flexibility index (Phi) is 5.01. The van der Waals surface area contributed by atoms with E-state index < -0.39 is 0 Å². The van der Waals surface area contributed by atoms with Crippen LogP contribution in [-0.4, -0.2) is 11.7 Å². The van der Waals surface area contributed by atoms with Crippen LogP contribution < -0.4 is 15.8 Å². The normalized spacial score (nSPS) is 17.3. The first kappa shape index (κ1) is 14.9. The molecule has 0 radical (unpaired) electrons. The van der Waals surface area contributed by atoms with Gasteiger partial charge in [-0.2, -0.15) is 0 Å². The number of benzene rings is 1. The average Bonchev–Trinajstić information content (AvgIpc) is 2.81. The zero-order valence-electron chi connectivity index (χ0n) is 12.5. The fourth-order valence-electron chi connectivity index (χ4n) is 2.63. The monoisotopic (exact) mass is 275 g/mol. The van der Waals surface area contributed by atoms with Crippen molar-refractivity contribution in [2.24, 2.45) is 0 Å². The van der Waals surface area contributed by atoms with Crippen LogP contribution in [0.4, 0.5) is 10.5 Å². The van der Waals surface area contributed by atoms with E-state index in [1.54, 1.807) is 5.01 Å². The zero-order valence-corrected chi connectivity index (χ0v) is 12.5. The number of anilines is 1. The quantitative estimate of drug-likeness (QED) is 0.795. The van der Waals surface area contributed by atoms with Gasteiger partial charge >= 0.3 is 6.03 Å². The number of unbranched alkanes of at least 4 members (excludes halogenated alkanes) is 2. The average molecular weight is 275 g/mol. The third-order valence-electron chi connectivity index (χ3n) is 3.80. The summed E-state index contributed by atoms with van der Waals surface area (Å²) in [5.41, 5.74) is 4.02. The van der Waals surface area contributed by atoms with Crippen molar-refractivity contribution >= 4 is 11.7 Å². The molecular weight excluding hydrogens is 250 g/mol. The Morgan fingerprint density at radius 1 is 1.05 bits per heavy atom. The highest BCUT2D eigenvalue weighted by atomic mass is 16.2. The van der Waals surface area contributed by atoms with Gasteiger partial charge in [0, 0.05) is 0 Å². The van der Waals surface area contributed by atoms with Crippen LogP contribution in [0.2, 0.25) is 0 Å². The third-order valence-corrected chi connectivity index (χ3v) is 3.80. The zero-order chi connectivity index (χ0) is 14.4. The van der Waals surface area contributed by atoms with Crippen molar-refractivity contribution in [3.63, 3.8) is 0 Å². The SMILES string of the molecule is CCCCC1(CCCC)NC(=O)N(c2ccccc2)N1. The van der Waals surface area contributed by atoms with Gasteiger partial charge in [0.1, 0.15) is 5.66 Å². The number of para-hydroxylation sites is 1. The minimum absolute atomic E-state index is 0.0524. The Hall–Kier alpha value is -1.55. The summed E-state index contributed by atoms with van der Waals surface area (Å²) in [6.07, 6.45) is 6.43. The number of nitrogens with one attached hydrogen (secondary N) is 2. The first-order valence-electron chi connectivity index (χ1n) is 7.66. The molecule has 0 aromatic heterocycles. The molecule has 20 heavy (non-hydrogen) atoms. The van der Waals surface area contributed by atoms with Crippen molar-refractivity contribution in [2.75, 3.05) is 5.01 Å². The lowest BCUT2D eigenvalue weighted by Gasteiger charge is -2.29. The van der Waals surface area contributed by atoms with Crippen molar-refractivity contribution < 1.29 is 4.79 Å². The number of nitrogens with zero attached hydrogens (tertiary/aromatic N) is 1. The Morgan fingerprint density at radius 2 is 1.65 bits per heavy atom. The van der Waals surface area contributed by atoms with Crippen LogP contribution in [0.5, 0.6) is 0 Å². The van der Waals surface area contributed by atoms with Gasteiger partial charge in [-0.1, -0.05) is 44.9 Å². The maximum absolute atomic E-state index is 12.3. The van der Waals surface area contributed by atoms with Gasteiger partial charge in [-0.3, -0.25) is 0 Å². The minimum Gasteiger partial charge on any atom is -0.317 e. The topological polar surface area (TPSA) is 44.4 Å².